The topological polar surface area (TPSA) is 52.9 Å². The summed E-state index contributed by atoms with van der Waals surface area (Å²) in [4.78, 5) is 12.5. The number of aliphatic hydroxyl groups is 1. The summed E-state index contributed by atoms with van der Waals surface area (Å²) in [6, 6.07) is 6.29. The summed E-state index contributed by atoms with van der Waals surface area (Å²) in [6.45, 7) is 3.53. The number of carbonyl (C=O) groups is 1. The zero-order valence-electron chi connectivity index (χ0n) is 13.0. The molecule has 0 aliphatic carbocycles. The fourth-order valence-electron chi connectivity index (χ4n) is 2.50. The molecule has 1 heterocycles. The first-order valence-electron chi connectivity index (χ1n) is 7.46. The molecule has 1 amide bonds. The Labute approximate surface area is 132 Å². The predicted octanol–water partition coefficient (Wildman–Crippen LogP) is 3.64. The second-order valence-electron chi connectivity index (χ2n) is 5.69. The molecule has 0 saturated heterocycles. The summed E-state index contributed by atoms with van der Waals surface area (Å²) in [5.74, 6) is -0.950. The highest BCUT2D eigenvalue weighted by atomic mass is 19.4. The number of rotatable bonds is 4. The lowest BCUT2D eigenvalue weighted by molar-refractivity contribution is -0.297. The summed E-state index contributed by atoms with van der Waals surface area (Å²) in [5.41, 5.74) is -2.47. The predicted molar refractivity (Wildman–Crippen MR) is 79.9 cm³/mol. The van der Waals surface area contributed by atoms with E-state index in [4.69, 9.17) is 0 Å². The molecule has 0 fully saturated rings. The molecular weight excluding hydrogens is 309 g/mol. The molecule has 1 aliphatic rings. The minimum Gasteiger partial charge on any atom is -0.362 e. The minimum absolute atomic E-state index is 0.0932. The monoisotopic (exact) mass is 328 g/mol. The average molecular weight is 328 g/mol. The molecule has 126 valence electrons. The number of amides is 1. The molecule has 1 aromatic rings. The normalized spacial score (nSPS) is 21.5. The van der Waals surface area contributed by atoms with Gasteiger partial charge in [0.1, 0.15) is 0 Å². The lowest BCUT2D eigenvalue weighted by Gasteiger charge is -2.32. The van der Waals surface area contributed by atoms with Gasteiger partial charge in [0, 0.05) is 17.7 Å². The van der Waals surface area contributed by atoms with Crippen LogP contribution in [0.4, 0.5) is 13.2 Å². The molecule has 7 heteroatoms. The molecule has 0 radical (unpaired) electrons. The number of unbranched alkanes of at least 4 members (excludes halogenated alkanes) is 1. The van der Waals surface area contributed by atoms with Gasteiger partial charge < -0.3 is 5.11 Å². The molecule has 0 saturated carbocycles. The van der Waals surface area contributed by atoms with E-state index in [-0.39, 0.29) is 16.3 Å². The third kappa shape index (κ3) is 3.24. The maximum atomic E-state index is 13.3. The van der Waals surface area contributed by atoms with Gasteiger partial charge in [0.2, 0.25) is 0 Å². The van der Waals surface area contributed by atoms with Crippen LogP contribution >= 0.6 is 0 Å². The van der Waals surface area contributed by atoms with Crippen molar-refractivity contribution in [1.29, 1.82) is 0 Å². The molecule has 1 atom stereocenters. The SMILES string of the molecule is CCCCC1=NN(C(=O)c2ccccc2C)[C@](O)(C(F)(F)F)C1. The van der Waals surface area contributed by atoms with Crippen LogP contribution < -0.4 is 0 Å². The number of nitrogens with zero attached hydrogens (tertiary/aromatic N) is 2. The van der Waals surface area contributed by atoms with Gasteiger partial charge in [0.05, 0.1) is 0 Å². The van der Waals surface area contributed by atoms with E-state index in [1.165, 1.54) is 6.07 Å². The van der Waals surface area contributed by atoms with Crippen molar-refractivity contribution in [3.8, 4) is 0 Å². The lowest BCUT2D eigenvalue weighted by Crippen LogP contribution is -2.56. The summed E-state index contributed by atoms with van der Waals surface area (Å²) < 4.78 is 40.0. The van der Waals surface area contributed by atoms with E-state index in [0.717, 1.165) is 6.42 Å². The summed E-state index contributed by atoms with van der Waals surface area (Å²) in [7, 11) is 0. The molecule has 0 bridgehead atoms. The van der Waals surface area contributed by atoms with Crippen LogP contribution in [0.15, 0.2) is 29.4 Å². The molecule has 0 unspecified atom stereocenters. The summed E-state index contributed by atoms with van der Waals surface area (Å²) >= 11 is 0. The Morgan fingerprint density at radius 2 is 2.04 bits per heavy atom. The minimum atomic E-state index is -4.98. The number of hydrazone groups is 1. The molecule has 1 aliphatic heterocycles. The van der Waals surface area contributed by atoms with Crippen molar-refractivity contribution < 1.29 is 23.1 Å². The fourth-order valence-corrected chi connectivity index (χ4v) is 2.50. The Hall–Kier alpha value is -1.89. The van der Waals surface area contributed by atoms with Crippen LogP contribution in [0.3, 0.4) is 0 Å². The van der Waals surface area contributed by atoms with E-state index in [1.54, 1.807) is 25.1 Å². The van der Waals surface area contributed by atoms with E-state index in [0.29, 0.717) is 18.4 Å². The average Bonchev–Trinajstić information content (AvgIpc) is 2.83. The van der Waals surface area contributed by atoms with Crippen molar-refractivity contribution in [1.82, 2.24) is 5.01 Å². The Bertz CT molecular complexity index is 628. The molecule has 0 aromatic heterocycles. The van der Waals surface area contributed by atoms with Crippen LogP contribution in [0, 0.1) is 6.92 Å². The molecule has 1 N–H and O–H groups in total. The van der Waals surface area contributed by atoms with Gasteiger partial charge in [0.25, 0.3) is 11.6 Å². The van der Waals surface area contributed by atoms with E-state index >= 15 is 0 Å². The first-order valence-corrected chi connectivity index (χ1v) is 7.46. The number of carbonyl (C=O) groups excluding carboxylic acids is 1. The van der Waals surface area contributed by atoms with Crippen LogP contribution in [0.5, 0.6) is 0 Å². The second kappa shape index (κ2) is 6.31. The first kappa shape index (κ1) is 17.5. The zero-order chi connectivity index (χ0) is 17.3. The van der Waals surface area contributed by atoms with Crippen LogP contribution in [-0.4, -0.2) is 33.6 Å². The van der Waals surface area contributed by atoms with Gasteiger partial charge in [-0.25, -0.2) is 0 Å². The van der Waals surface area contributed by atoms with Gasteiger partial charge in [-0.05, 0) is 31.4 Å². The van der Waals surface area contributed by atoms with Crippen molar-refractivity contribution in [2.45, 2.75) is 51.4 Å². The Morgan fingerprint density at radius 3 is 2.61 bits per heavy atom. The van der Waals surface area contributed by atoms with E-state index in [1.807, 2.05) is 6.92 Å². The van der Waals surface area contributed by atoms with Gasteiger partial charge in [-0.3, -0.25) is 4.79 Å². The number of alkyl halides is 3. The quantitative estimate of drug-likeness (QED) is 0.917. The second-order valence-corrected chi connectivity index (χ2v) is 5.69. The van der Waals surface area contributed by atoms with E-state index in [2.05, 4.69) is 5.10 Å². The highest BCUT2D eigenvalue weighted by Gasteiger charge is 2.63. The van der Waals surface area contributed by atoms with Gasteiger partial charge in [-0.1, -0.05) is 31.5 Å². The highest BCUT2D eigenvalue weighted by Crippen LogP contribution is 2.41. The Balaban J connectivity index is 2.40. The van der Waals surface area contributed by atoms with Crippen molar-refractivity contribution in [2.24, 2.45) is 5.10 Å². The number of aryl methyl sites for hydroxylation is 1. The Morgan fingerprint density at radius 1 is 1.39 bits per heavy atom. The lowest BCUT2D eigenvalue weighted by atomic mass is 10.0. The van der Waals surface area contributed by atoms with Crippen molar-refractivity contribution in [2.75, 3.05) is 0 Å². The highest BCUT2D eigenvalue weighted by molar-refractivity contribution is 5.99. The third-order valence-electron chi connectivity index (χ3n) is 3.88. The fraction of sp³-hybridized carbons (Fsp3) is 0.500. The van der Waals surface area contributed by atoms with E-state index in [9.17, 15) is 23.1 Å². The van der Waals surface area contributed by atoms with Crippen LogP contribution in [0.2, 0.25) is 0 Å². The molecule has 2 rings (SSSR count). The standard InChI is InChI=1S/C16H19F3N2O2/c1-3-4-8-12-10-15(23,16(17,18)19)21(20-12)14(22)13-9-6-5-7-11(13)2/h5-7,9,23H,3-4,8,10H2,1-2H3/t15-/m1/s1. The summed E-state index contributed by atoms with van der Waals surface area (Å²) in [5, 5.41) is 14.1. The number of hydrogen-bond donors (Lipinski definition) is 1. The van der Waals surface area contributed by atoms with Crippen LogP contribution in [0.1, 0.15) is 48.5 Å². The van der Waals surface area contributed by atoms with Crippen molar-refractivity contribution in [3.05, 3.63) is 35.4 Å². The molecule has 0 spiro atoms. The van der Waals surface area contributed by atoms with Gasteiger partial charge >= 0.3 is 6.18 Å². The number of benzene rings is 1. The molecular formula is C16H19F3N2O2. The van der Waals surface area contributed by atoms with Crippen molar-refractivity contribution in [3.63, 3.8) is 0 Å². The molecule has 4 nitrogen and oxygen atoms in total. The third-order valence-corrected chi connectivity index (χ3v) is 3.88. The smallest absolute Gasteiger partial charge is 0.362 e. The largest absolute Gasteiger partial charge is 0.438 e. The van der Waals surface area contributed by atoms with Gasteiger partial charge in [0.15, 0.2) is 0 Å². The molecule has 1 aromatic carbocycles. The number of hydrogen-bond acceptors (Lipinski definition) is 3. The van der Waals surface area contributed by atoms with Crippen LogP contribution in [-0.2, 0) is 0 Å². The maximum Gasteiger partial charge on any atom is 0.438 e. The van der Waals surface area contributed by atoms with Crippen LogP contribution in [0.25, 0.3) is 0 Å². The zero-order valence-corrected chi connectivity index (χ0v) is 13.0. The maximum absolute atomic E-state index is 13.3. The Kier molecular flexibility index (Phi) is 4.79. The number of halogens is 3. The molecule has 23 heavy (non-hydrogen) atoms. The van der Waals surface area contributed by atoms with Gasteiger partial charge in [-0.15, -0.1) is 0 Å². The summed E-state index contributed by atoms with van der Waals surface area (Å²) in [6.07, 6.45) is -3.92. The van der Waals surface area contributed by atoms with Crippen molar-refractivity contribution >= 4 is 11.6 Å². The van der Waals surface area contributed by atoms with Gasteiger partial charge in [-0.2, -0.15) is 23.3 Å². The van der Waals surface area contributed by atoms with E-state index < -0.39 is 24.2 Å². The first-order chi connectivity index (χ1) is 10.7.